The summed E-state index contributed by atoms with van der Waals surface area (Å²) in [5, 5.41) is 8.91. The Labute approximate surface area is 117 Å². The van der Waals surface area contributed by atoms with Gasteiger partial charge < -0.3 is 0 Å². The first-order valence-corrected chi connectivity index (χ1v) is 7.10. The third-order valence-corrected chi connectivity index (χ3v) is 3.05. The average molecular weight is 253 g/mol. The smallest absolute Gasteiger partial charge is 0.0944 e. The Morgan fingerprint density at radius 3 is 2.53 bits per heavy atom. The molecule has 1 nitrogen and oxygen atoms in total. The fraction of sp³-hybridized carbons (Fsp3) is 0.389. The molecule has 0 N–H and O–H groups in total. The van der Waals surface area contributed by atoms with E-state index in [1.807, 2.05) is 31.2 Å². The van der Waals surface area contributed by atoms with Gasteiger partial charge >= 0.3 is 0 Å². The molecule has 0 fully saturated rings. The Morgan fingerprint density at radius 2 is 1.89 bits per heavy atom. The Bertz CT molecular complexity index is 460. The first-order chi connectivity index (χ1) is 9.26. The lowest BCUT2D eigenvalue weighted by Crippen LogP contribution is -1.84. The summed E-state index contributed by atoms with van der Waals surface area (Å²) in [6, 6.07) is 12.5. The molecule has 1 aromatic rings. The minimum Gasteiger partial charge on any atom is -0.193 e. The predicted molar refractivity (Wildman–Crippen MR) is 82.5 cm³/mol. The minimum absolute atomic E-state index is 0.776. The third kappa shape index (κ3) is 6.62. The Balaban J connectivity index is 2.75. The summed E-state index contributed by atoms with van der Waals surface area (Å²) in [5.41, 5.74) is 3.23. The summed E-state index contributed by atoms with van der Waals surface area (Å²) in [5.74, 6) is 0. The van der Waals surface area contributed by atoms with E-state index in [0.29, 0.717) is 0 Å². The Morgan fingerprint density at radius 1 is 1.16 bits per heavy atom. The minimum atomic E-state index is 0.776. The van der Waals surface area contributed by atoms with Crippen molar-refractivity contribution in [2.24, 2.45) is 0 Å². The van der Waals surface area contributed by atoms with Gasteiger partial charge in [-0.15, -0.1) is 0 Å². The number of benzene rings is 1. The van der Waals surface area contributed by atoms with Crippen LogP contribution in [0.3, 0.4) is 0 Å². The van der Waals surface area contributed by atoms with Gasteiger partial charge in [0, 0.05) is 5.57 Å². The molecule has 0 atom stereocenters. The highest BCUT2D eigenvalue weighted by molar-refractivity contribution is 5.56. The van der Waals surface area contributed by atoms with Crippen molar-refractivity contribution in [1.29, 1.82) is 5.26 Å². The van der Waals surface area contributed by atoms with Gasteiger partial charge in [-0.2, -0.15) is 5.26 Å². The maximum Gasteiger partial charge on any atom is 0.0944 e. The van der Waals surface area contributed by atoms with Crippen LogP contribution in [0.4, 0.5) is 0 Å². The van der Waals surface area contributed by atoms with Gasteiger partial charge in [-0.3, -0.25) is 0 Å². The summed E-state index contributed by atoms with van der Waals surface area (Å²) in [4.78, 5) is 0. The number of hydrogen-bond donors (Lipinski definition) is 0. The van der Waals surface area contributed by atoms with Crippen molar-refractivity contribution in [3.05, 3.63) is 53.1 Å². The van der Waals surface area contributed by atoms with E-state index in [9.17, 15) is 0 Å². The molecule has 0 aliphatic carbocycles. The normalized spacial score (nSPS) is 12.3. The van der Waals surface area contributed by atoms with Crippen LogP contribution in [0.15, 0.2) is 47.6 Å². The summed E-state index contributed by atoms with van der Waals surface area (Å²) >= 11 is 0. The highest BCUT2D eigenvalue weighted by Crippen LogP contribution is 2.17. The molecule has 19 heavy (non-hydrogen) atoms. The second kappa shape index (κ2) is 9.16. The standard InChI is InChI=1S/C18H23N/c1-3-4-5-7-12-18(13-16(2)15-19)14-17-10-8-6-9-11-17/h6,8-11,13-14H,3-5,7,12H2,1-2H3/b16-13+,18-14+. The van der Waals surface area contributed by atoms with Gasteiger partial charge in [-0.05, 0) is 37.0 Å². The van der Waals surface area contributed by atoms with Crippen LogP contribution in [-0.2, 0) is 0 Å². The molecule has 0 aliphatic rings. The topological polar surface area (TPSA) is 23.8 Å². The lowest BCUT2D eigenvalue weighted by atomic mass is 10.0. The van der Waals surface area contributed by atoms with Crippen molar-refractivity contribution in [3.8, 4) is 6.07 Å². The van der Waals surface area contributed by atoms with Crippen LogP contribution in [0.25, 0.3) is 6.08 Å². The van der Waals surface area contributed by atoms with E-state index >= 15 is 0 Å². The molecule has 0 amide bonds. The van der Waals surface area contributed by atoms with Crippen molar-refractivity contribution in [2.75, 3.05) is 0 Å². The van der Waals surface area contributed by atoms with Gasteiger partial charge in [0.15, 0.2) is 0 Å². The number of unbranched alkanes of at least 4 members (excludes halogenated alkanes) is 3. The molecule has 1 aromatic carbocycles. The number of nitriles is 1. The van der Waals surface area contributed by atoms with Gasteiger partial charge in [0.1, 0.15) is 0 Å². The maximum absolute atomic E-state index is 8.91. The van der Waals surface area contributed by atoms with E-state index in [1.165, 1.54) is 36.8 Å². The first-order valence-electron chi connectivity index (χ1n) is 7.10. The molecule has 1 rings (SSSR count). The van der Waals surface area contributed by atoms with Crippen LogP contribution >= 0.6 is 0 Å². The predicted octanol–water partition coefficient (Wildman–Crippen LogP) is 5.51. The molecule has 0 bridgehead atoms. The molecule has 0 saturated heterocycles. The lowest BCUT2D eigenvalue weighted by Gasteiger charge is -2.04. The van der Waals surface area contributed by atoms with Crippen molar-refractivity contribution < 1.29 is 0 Å². The highest BCUT2D eigenvalue weighted by Gasteiger charge is 1.97. The number of hydrogen-bond acceptors (Lipinski definition) is 1. The van der Waals surface area contributed by atoms with E-state index in [0.717, 1.165) is 12.0 Å². The number of rotatable bonds is 7. The van der Waals surface area contributed by atoms with Crippen LogP contribution in [0.1, 0.15) is 51.5 Å². The number of allylic oxidation sites excluding steroid dienone is 3. The zero-order valence-electron chi connectivity index (χ0n) is 12.0. The molecule has 0 radical (unpaired) electrons. The maximum atomic E-state index is 8.91. The Hall–Kier alpha value is -1.81. The second-order valence-electron chi connectivity index (χ2n) is 4.88. The van der Waals surface area contributed by atoms with Crippen molar-refractivity contribution in [2.45, 2.75) is 46.0 Å². The van der Waals surface area contributed by atoms with E-state index in [1.54, 1.807) is 0 Å². The van der Waals surface area contributed by atoms with Crippen LogP contribution in [0.5, 0.6) is 0 Å². The highest BCUT2D eigenvalue weighted by atomic mass is 14.2. The van der Waals surface area contributed by atoms with E-state index in [2.05, 4.69) is 31.2 Å². The molecule has 0 unspecified atom stereocenters. The molecule has 0 aliphatic heterocycles. The molecular weight excluding hydrogens is 230 g/mol. The fourth-order valence-corrected chi connectivity index (χ4v) is 2.02. The van der Waals surface area contributed by atoms with Gasteiger partial charge in [0.25, 0.3) is 0 Å². The molecule has 0 aromatic heterocycles. The van der Waals surface area contributed by atoms with Crippen molar-refractivity contribution in [1.82, 2.24) is 0 Å². The van der Waals surface area contributed by atoms with Crippen molar-refractivity contribution in [3.63, 3.8) is 0 Å². The fourth-order valence-electron chi connectivity index (χ4n) is 2.02. The van der Waals surface area contributed by atoms with E-state index in [4.69, 9.17) is 5.26 Å². The van der Waals surface area contributed by atoms with Gasteiger partial charge in [0.2, 0.25) is 0 Å². The van der Waals surface area contributed by atoms with Gasteiger partial charge in [-0.1, -0.05) is 62.6 Å². The van der Waals surface area contributed by atoms with Crippen LogP contribution in [-0.4, -0.2) is 0 Å². The molecule has 0 saturated carbocycles. The van der Waals surface area contributed by atoms with Gasteiger partial charge in [-0.25, -0.2) is 0 Å². The molecule has 1 heteroatoms. The zero-order chi connectivity index (χ0) is 13.9. The molecule has 100 valence electrons. The molecular formula is C18H23N. The third-order valence-electron chi connectivity index (χ3n) is 3.05. The number of nitrogens with zero attached hydrogens (tertiary/aromatic N) is 1. The van der Waals surface area contributed by atoms with Crippen molar-refractivity contribution >= 4 is 6.08 Å². The second-order valence-corrected chi connectivity index (χ2v) is 4.88. The monoisotopic (exact) mass is 253 g/mol. The quantitative estimate of drug-likeness (QED) is 0.357. The van der Waals surface area contributed by atoms with Crippen LogP contribution < -0.4 is 0 Å². The first kappa shape index (κ1) is 15.2. The SMILES string of the molecule is CCCCCCC(/C=C(\C)C#N)=C\c1ccccc1. The average Bonchev–Trinajstić information content (AvgIpc) is 2.44. The summed E-state index contributed by atoms with van der Waals surface area (Å²) in [6.45, 7) is 4.09. The largest absolute Gasteiger partial charge is 0.193 e. The van der Waals surface area contributed by atoms with E-state index < -0.39 is 0 Å². The van der Waals surface area contributed by atoms with Crippen LogP contribution in [0.2, 0.25) is 0 Å². The van der Waals surface area contributed by atoms with Gasteiger partial charge in [0.05, 0.1) is 6.07 Å². The zero-order valence-corrected chi connectivity index (χ0v) is 12.0. The van der Waals surface area contributed by atoms with E-state index in [-0.39, 0.29) is 0 Å². The summed E-state index contributed by atoms with van der Waals surface area (Å²) < 4.78 is 0. The molecule has 0 heterocycles. The summed E-state index contributed by atoms with van der Waals surface area (Å²) in [6.07, 6.45) is 10.3. The molecule has 0 spiro atoms. The summed E-state index contributed by atoms with van der Waals surface area (Å²) in [7, 11) is 0. The lowest BCUT2D eigenvalue weighted by molar-refractivity contribution is 0.669. The van der Waals surface area contributed by atoms with Crippen LogP contribution in [0, 0.1) is 11.3 Å². The Kier molecular flexibility index (Phi) is 7.35.